The van der Waals surface area contributed by atoms with Gasteiger partial charge in [-0.15, -0.1) is 0 Å². The maximum absolute atomic E-state index is 11.6. The molecular formula is C7H12F3N. The summed E-state index contributed by atoms with van der Waals surface area (Å²) in [5.41, 5.74) is 0. The fraction of sp³-hybridized carbons (Fsp3) is 1.00. The molecule has 1 saturated carbocycles. The third kappa shape index (κ3) is 3.60. The highest BCUT2D eigenvalue weighted by atomic mass is 19.4. The smallest absolute Gasteiger partial charge is 0.314 e. The van der Waals surface area contributed by atoms with E-state index in [1.807, 2.05) is 0 Å². The van der Waals surface area contributed by atoms with Gasteiger partial charge in [-0.05, 0) is 12.8 Å². The molecule has 0 unspecified atom stereocenters. The Kier molecular flexibility index (Phi) is 2.76. The molecule has 1 aliphatic carbocycles. The van der Waals surface area contributed by atoms with Crippen LogP contribution >= 0.6 is 0 Å². The van der Waals surface area contributed by atoms with E-state index in [0.29, 0.717) is 6.04 Å². The monoisotopic (exact) mass is 167 g/mol. The van der Waals surface area contributed by atoms with Crippen LogP contribution in [-0.2, 0) is 0 Å². The molecule has 0 spiro atoms. The number of halogens is 3. The zero-order valence-corrected chi connectivity index (χ0v) is 6.25. The molecule has 1 aliphatic rings. The van der Waals surface area contributed by atoms with Crippen molar-refractivity contribution in [2.45, 2.75) is 37.9 Å². The molecule has 0 aromatic rings. The molecular weight excluding hydrogens is 155 g/mol. The molecule has 0 aromatic heterocycles. The molecule has 66 valence electrons. The molecule has 0 saturated heterocycles. The summed E-state index contributed by atoms with van der Waals surface area (Å²) in [6.45, 7) is 0.0775. The fourth-order valence-electron chi connectivity index (χ4n) is 1.03. The van der Waals surface area contributed by atoms with Crippen molar-refractivity contribution in [2.75, 3.05) is 6.54 Å². The topological polar surface area (TPSA) is 12.0 Å². The van der Waals surface area contributed by atoms with Crippen LogP contribution in [0.5, 0.6) is 0 Å². The summed E-state index contributed by atoms with van der Waals surface area (Å²) < 4.78 is 34.8. The van der Waals surface area contributed by atoms with Gasteiger partial charge in [-0.3, -0.25) is 0 Å². The SMILES string of the molecule is FC(F)(F)CCNC1CCC1. The second kappa shape index (κ2) is 3.43. The lowest BCUT2D eigenvalue weighted by Crippen LogP contribution is -2.37. The molecule has 0 aromatic carbocycles. The van der Waals surface area contributed by atoms with E-state index in [1.165, 1.54) is 0 Å². The lowest BCUT2D eigenvalue weighted by atomic mass is 9.93. The summed E-state index contributed by atoms with van der Waals surface area (Å²) in [5, 5.41) is 2.86. The Balaban J connectivity index is 1.95. The van der Waals surface area contributed by atoms with Gasteiger partial charge < -0.3 is 5.32 Å². The van der Waals surface area contributed by atoms with E-state index in [1.54, 1.807) is 0 Å². The van der Waals surface area contributed by atoms with Crippen molar-refractivity contribution < 1.29 is 13.2 Å². The summed E-state index contributed by atoms with van der Waals surface area (Å²) in [5.74, 6) is 0. The van der Waals surface area contributed by atoms with E-state index in [2.05, 4.69) is 5.32 Å². The minimum absolute atomic E-state index is 0.0775. The van der Waals surface area contributed by atoms with Crippen LogP contribution in [-0.4, -0.2) is 18.8 Å². The molecule has 0 heterocycles. The van der Waals surface area contributed by atoms with Crippen LogP contribution in [0.1, 0.15) is 25.7 Å². The predicted octanol–water partition coefficient (Wildman–Crippen LogP) is 2.08. The van der Waals surface area contributed by atoms with E-state index in [0.717, 1.165) is 19.3 Å². The first-order chi connectivity index (χ1) is 5.08. The average Bonchev–Trinajstić information content (AvgIpc) is 1.73. The Bertz CT molecular complexity index is 117. The first-order valence-corrected chi connectivity index (χ1v) is 3.88. The molecule has 11 heavy (non-hydrogen) atoms. The Hall–Kier alpha value is -0.250. The normalized spacial score (nSPS) is 19.9. The molecule has 0 radical (unpaired) electrons. The molecule has 1 rings (SSSR count). The Labute approximate surface area is 64.0 Å². The standard InChI is InChI=1S/C7H12F3N/c8-7(9,10)4-5-11-6-2-1-3-6/h6,11H,1-5H2. The largest absolute Gasteiger partial charge is 0.390 e. The Morgan fingerprint density at radius 1 is 1.27 bits per heavy atom. The van der Waals surface area contributed by atoms with Gasteiger partial charge in [-0.25, -0.2) is 0 Å². The van der Waals surface area contributed by atoms with Gasteiger partial charge >= 0.3 is 6.18 Å². The van der Waals surface area contributed by atoms with Crippen LogP contribution in [0.25, 0.3) is 0 Å². The van der Waals surface area contributed by atoms with Gasteiger partial charge in [0.05, 0.1) is 6.42 Å². The number of rotatable bonds is 3. The molecule has 0 atom stereocenters. The van der Waals surface area contributed by atoms with Crippen LogP contribution in [0.4, 0.5) is 13.2 Å². The quantitative estimate of drug-likeness (QED) is 0.678. The van der Waals surface area contributed by atoms with Crippen molar-refractivity contribution in [1.82, 2.24) is 5.32 Å². The maximum atomic E-state index is 11.6. The van der Waals surface area contributed by atoms with Crippen LogP contribution < -0.4 is 5.32 Å². The van der Waals surface area contributed by atoms with E-state index >= 15 is 0 Å². The zero-order chi connectivity index (χ0) is 8.32. The summed E-state index contributed by atoms with van der Waals surface area (Å²) in [7, 11) is 0. The lowest BCUT2D eigenvalue weighted by Gasteiger charge is -2.26. The van der Waals surface area contributed by atoms with Gasteiger partial charge in [0.2, 0.25) is 0 Å². The van der Waals surface area contributed by atoms with Gasteiger partial charge in [-0.1, -0.05) is 6.42 Å². The van der Waals surface area contributed by atoms with Gasteiger partial charge in [0, 0.05) is 12.6 Å². The summed E-state index contributed by atoms with van der Waals surface area (Å²) in [4.78, 5) is 0. The lowest BCUT2D eigenvalue weighted by molar-refractivity contribution is -0.133. The minimum atomic E-state index is -4.00. The number of nitrogens with one attached hydrogen (secondary N) is 1. The van der Waals surface area contributed by atoms with Crippen LogP contribution in [0, 0.1) is 0 Å². The third-order valence-corrected chi connectivity index (χ3v) is 1.95. The molecule has 4 heteroatoms. The molecule has 1 nitrogen and oxygen atoms in total. The first-order valence-electron chi connectivity index (χ1n) is 3.88. The summed E-state index contributed by atoms with van der Waals surface area (Å²) in [6.07, 6.45) is -1.47. The summed E-state index contributed by atoms with van der Waals surface area (Å²) >= 11 is 0. The second-order valence-corrected chi connectivity index (χ2v) is 2.95. The van der Waals surface area contributed by atoms with Crippen molar-refractivity contribution in [3.05, 3.63) is 0 Å². The number of alkyl halides is 3. The fourth-order valence-corrected chi connectivity index (χ4v) is 1.03. The Morgan fingerprint density at radius 2 is 1.91 bits per heavy atom. The van der Waals surface area contributed by atoms with Crippen LogP contribution in [0.3, 0.4) is 0 Å². The molecule has 0 amide bonds. The van der Waals surface area contributed by atoms with Gasteiger partial charge in [0.1, 0.15) is 0 Å². The van der Waals surface area contributed by atoms with E-state index < -0.39 is 12.6 Å². The predicted molar refractivity (Wildman–Crippen MR) is 36.3 cm³/mol. The third-order valence-electron chi connectivity index (χ3n) is 1.95. The maximum Gasteiger partial charge on any atom is 0.390 e. The van der Waals surface area contributed by atoms with E-state index in [-0.39, 0.29) is 6.54 Å². The molecule has 0 aliphatic heterocycles. The number of hydrogen-bond donors (Lipinski definition) is 1. The highest BCUT2D eigenvalue weighted by Gasteiger charge is 2.27. The van der Waals surface area contributed by atoms with Crippen molar-refractivity contribution in [3.63, 3.8) is 0 Å². The van der Waals surface area contributed by atoms with Crippen molar-refractivity contribution in [2.24, 2.45) is 0 Å². The van der Waals surface area contributed by atoms with Gasteiger partial charge in [0.15, 0.2) is 0 Å². The average molecular weight is 167 g/mol. The highest BCUT2D eigenvalue weighted by molar-refractivity contribution is 4.76. The molecule has 1 fully saturated rings. The first kappa shape index (κ1) is 8.84. The second-order valence-electron chi connectivity index (χ2n) is 2.95. The van der Waals surface area contributed by atoms with Gasteiger partial charge in [0.25, 0.3) is 0 Å². The number of hydrogen-bond acceptors (Lipinski definition) is 1. The molecule has 0 bridgehead atoms. The van der Waals surface area contributed by atoms with Crippen molar-refractivity contribution in [3.8, 4) is 0 Å². The van der Waals surface area contributed by atoms with Gasteiger partial charge in [-0.2, -0.15) is 13.2 Å². The minimum Gasteiger partial charge on any atom is -0.314 e. The van der Waals surface area contributed by atoms with Crippen LogP contribution in [0.2, 0.25) is 0 Å². The molecule has 1 N–H and O–H groups in total. The Morgan fingerprint density at radius 3 is 2.27 bits per heavy atom. The van der Waals surface area contributed by atoms with Crippen molar-refractivity contribution in [1.29, 1.82) is 0 Å². The summed E-state index contributed by atoms with van der Waals surface area (Å²) in [6, 6.07) is 0.359. The van der Waals surface area contributed by atoms with E-state index in [4.69, 9.17) is 0 Å². The zero-order valence-electron chi connectivity index (χ0n) is 6.25. The van der Waals surface area contributed by atoms with E-state index in [9.17, 15) is 13.2 Å². The van der Waals surface area contributed by atoms with Crippen LogP contribution in [0.15, 0.2) is 0 Å². The highest BCUT2D eigenvalue weighted by Crippen LogP contribution is 2.21. The van der Waals surface area contributed by atoms with Crippen molar-refractivity contribution >= 4 is 0 Å².